The van der Waals surface area contributed by atoms with Crippen LogP contribution in [0, 0.1) is 0 Å². The first kappa shape index (κ1) is 14.6. The second kappa shape index (κ2) is 5.83. The number of benzene rings is 1. The molecule has 1 saturated carbocycles. The highest BCUT2D eigenvalue weighted by Crippen LogP contribution is 2.37. The summed E-state index contributed by atoms with van der Waals surface area (Å²) in [6.45, 7) is 2.64. The molecule has 0 bridgehead atoms. The van der Waals surface area contributed by atoms with Crippen LogP contribution in [0.1, 0.15) is 49.0 Å². The van der Waals surface area contributed by atoms with Gasteiger partial charge in [0, 0.05) is 24.5 Å². The predicted molar refractivity (Wildman–Crippen MR) is 88.1 cm³/mol. The third-order valence-electron chi connectivity index (χ3n) is 4.09. The fraction of sp³-hybridized carbons (Fsp3) is 0.412. The molecule has 0 unspecified atom stereocenters. The SMILES string of the molecule is CCCCNC(=O)c1cn(C2CC2)c2cccc(N)c2c1=O. The molecule has 1 amide bonds. The molecule has 5 nitrogen and oxygen atoms in total. The molecule has 1 aliphatic carbocycles. The first-order chi connectivity index (χ1) is 10.6. The molecule has 1 heterocycles. The van der Waals surface area contributed by atoms with Gasteiger partial charge in [-0.15, -0.1) is 0 Å². The summed E-state index contributed by atoms with van der Waals surface area (Å²) in [5.74, 6) is -0.307. The van der Waals surface area contributed by atoms with Crippen molar-refractivity contribution >= 4 is 22.5 Å². The van der Waals surface area contributed by atoms with E-state index < -0.39 is 0 Å². The Morgan fingerprint density at radius 2 is 2.18 bits per heavy atom. The van der Waals surface area contributed by atoms with Crippen LogP contribution in [0.5, 0.6) is 0 Å². The molecule has 2 aromatic rings. The molecule has 1 aromatic carbocycles. The van der Waals surface area contributed by atoms with Gasteiger partial charge in [-0.1, -0.05) is 19.4 Å². The van der Waals surface area contributed by atoms with Gasteiger partial charge in [-0.05, 0) is 31.4 Å². The van der Waals surface area contributed by atoms with Crippen molar-refractivity contribution in [2.24, 2.45) is 0 Å². The van der Waals surface area contributed by atoms with E-state index in [1.165, 1.54) is 0 Å². The summed E-state index contributed by atoms with van der Waals surface area (Å²) in [6.07, 6.45) is 5.74. The van der Waals surface area contributed by atoms with E-state index in [-0.39, 0.29) is 16.9 Å². The van der Waals surface area contributed by atoms with Crippen LogP contribution >= 0.6 is 0 Å². The highest BCUT2D eigenvalue weighted by Gasteiger charge is 2.27. The van der Waals surface area contributed by atoms with E-state index in [2.05, 4.69) is 12.2 Å². The summed E-state index contributed by atoms with van der Waals surface area (Å²) >= 11 is 0. The van der Waals surface area contributed by atoms with Crippen LogP contribution in [0.2, 0.25) is 0 Å². The normalized spacial score (nSPS) is 14.2. The van der Waals surface area contributed by atoms with Crippen LogP contribution in [0.4, 0.5) is 5.69 Å². The van der Waals surface area contributed by atoms with E-state index in [1.54, 1.807) is 12.3 Å². The van der Waals surface area contributed by atoms with Gasteiger partial charge in [0.2, 0.25) is 5.43 Å². The second-order valence-electron chi connectivity index (χ2n) is 5.86. The van der Waals surface area contributed by atoms with Crippen LogP contribution in [-0.4, -0.2) is 17.0 Å². The molecule has 0 spiro atoms. The molecule has 5 heteroatoms. The summed E-state index contributed by atoms with van der Waals surface area (Å²) in [7, 11) is 0. The number of nitrogens with one attached hydrogen (secondary N) is 1. The third kappa shape index (κ3) is 2.58. The van der Waals surface area contributed by atoms with Gasteiger partial charge in [-0.2, -0.15) is 0 Å². The van der Waals surface area contributed by atoms with Crippen molar-refractivity contribution in [2.45, 2.75) is 38.6 Å². The number of nitrogens with two attached hydrogens (primary N) is 1. The van der Waals surface area contributed by atoms with Gasteiger partial charge in [-0.3, -0.25) is 9.59 Å². The second-order valence-corrected chi connectivity index (χ2v) is 5.86. The van der Waals surface area contributed by atoms with Gasteiger partial charge in [0.15, 0.2) is 0 Å². The molecular formula is C17H21N3O2. The minimum Gasteiger partial charge on any atom is -0.398 e. The van der Waals surface area contributed by atoms with Gasteiger partial charge >= 0.3 is 0 Å². The molecule has 3 rings (SSSR count). The molecule has 0 radical (unpaired) electrons. The highest BCUT2D eigenvalue weighted by molar-refractivity contribution is 6.00. The number of pyridine rings is 1. The zero-order valence-electron chi connectivity index (χ0n) is 12.8. The smallest absolute Gasteiger partial charge is 0.256 e. The van der Waals surface area contributed by atoms with Gasteiger partial charge in [0.25, 0.3) is 5.91 Å². The lowest BCUT2D eigenvalue weighted by molar-refractivity contribution is 0.0951. The predicted octanol–water partition coefficient (Wildman–Crippen LogP) is 2.45. The standard InChI is InChI=1S/C17H21N3O2/c1-2-3-9-19-17(22)12-10-20(11-7-8-11)14-6-4-5-13(18)15(14)16(12)21/h4-6,10-11H,2-3,7-9,18H2,1H3,(H,19,22). The van der Waals surface area contributed by atoms with Crippen molar-refractivity contribution in [3.05, 3.63) is 40.2 Å². The number of hydrogen-bond donors (Lipinski definition) is 2. The maximum Gasteiger partial charge on any atom is 0.256 e. The molecule has 3 N–H and O–H groups in total. The summed E-state index contributed by atoms with van der Waals surface area (Å²) in [5.41, 5.74) is 7.15. The number of nitrogen functional groups attached to an aromatic ring is 1. The molecule has 1 aromatic heterocycles. The minimum atomic E-state index is -0.307. The van der Waals surface area contributed by atoms with Gasteiger partial charge in [0.05, 0.1) is 10.9 Å². The van der Waals surface area contributed by atoms with Crippen molar-refractivity contribution in [3.63, 3.8) is 0 Å². The van der Waals surface area contributed by atoms with Crippen molar-refractivity contribution in [1.29, 1.82) is 0 Å². The maximum absolute atomic E-state index is 12.7. The van der Waals surface area contributed by atoms with E-state index in [9.17, 15) is 9.59 Å². The van der Waals surface area contributed by atoms with Crippen LogP contribution < -0.4 is 16.5 Å². The Bertz CT molecular complexity index is 775. The zero-order valence-corrected chi connectivity index (χ0v) is 12.8. The number of rotatable bonds is 5. The number of carbonyl (C=O) groups excluding carboxylic acids is 1. The summed E-state index contributed by atoms with van der Waals surface area (Å²) in [4.78, 5) is 25.0. The molecule has 0 saturated heterocycles. The number of amides is 1. The molecule has 1 fully saturated rings. The monoisotopic (exact) mass is 299 g/mol. The number of anilines is 1. The van der Waals surface area contributed by atoms with Crippen molar-refractivity contribution in [3.8, 4) is 0 Å². The largest absolute Gasteiger partial charge is 0.398 e. The van der Waals surface area contributed by atoms with Crippen molar-refractivity contribution in [2.75, 3.05) is 12.3 Å². The lowest BCUT2D eigenvalue weighted by Gasteiger charge is -2.14. The van der Waals surface area contributed by atoms with Crippen LogP contribution in [0.15, 0.2) is 29.2 Å². The molecular weight excluding hydrogens is 278 g/mol. The molecule has 0 atom stereocenters. The van der Waals surface area contributed by atoms with Gasteiger partial charge < -0.3 is 15.6 Å². The topological polar surface area (TPSA) is 77.1 Å². The Labute approximate surface area is 129 Å². The number of carbonyl (C=O) groups is 1. The zero-order chi connectivity index (χ0) is 15.7. The van der Waals surface area contributed by atoms with Crippen molar-refractivity contribution in [1.82, 2.24) is 9.88 Å². The summed E-state index contributed by atoms with van der Waals surface area (Å²) in [6, 6.07) is 5.81. The molecule has 116 valence electrons. The lowest BCUT2D eigenvalue weighted by atomic mass is 10.1. The van der Waals surface area contributed by atoms with E-state index in [1.807, 2.05) is 16.7 Å². The van der Waals surface area contributed by atoms with Crippen LogP contribution in [0.25, 0.3) is 10.9 Å². The average molecular weight is 299 g/mol. The Morgan fingerprint density at radius 3 is 2.86 bits per heavy atom. The highest BCUT2D eigenvalue weighted by atomic mass is 16.2. The Kier molecular flexibility index (Phi) is 3.88. The van der Waals surface area contributed by atoms with E-state index in [0.29, 0.717) is 23.7 Å². The number of hydrogen-bond acceptors (Lipinski definition) is 3. The fourth-order valence-electron chi connectivity index (χ4n) is 2.71. The summed E-state index contributed by atoms with van der Waals surface area (Å²) in [5, 5.41) is 3.27. The first-order valence-corrected chi connectivity index (χ1v) is 7.85. The van der Waals surface area contributed by atoms with Crippen LogP contribution in [-0.2, 0) is 0 Å². The first-order valence-electron chi connectivity index (χ1n) is 7.85. The number of nitrogens with zero attached hydrogens (tertiary/aromatic N) is 1. The van der Waals surface area contributed by atoms with E-state index >= 15 is 0 Å². The molecule has 22 heavy (non-hydrogen) atoms. The Morgan fingerprint density at radius 1 is 1.41 bits per heavy atom. The molecule has 1 aliphatic rings. The maximum atomic E-state index is 12.7. The van der Waals surface area contributed by atoms with Crippen LogP contribution in [0.3, 0.4) is 0 Å². The van der Waals surface area contributed by atoms with Crippen molar-refractivity contribution < 1.29 is 4.79 Å². The average Bonchev–Trinajstić information content (AvgIpc) is 3.32. The Balaban J connectivity index is 2.11. The number of aromatic nitrogens is 1. The third-order valence-corrected chi connectivity index (χ3v) is 4.09. The molecule has 0 aliphatic heterocycles. The van der Waals surface area contributed by atoms with E-state index in [4.69, 9.17) is 5.73 Å². The quantitative estimate of drug-likeness (QED) is 0.657. The number of fused-ring (bicyclic) bond motifs is 1. The summed E-state index contributed by atoms with van der Waals surface area (Å²) < 4.78 is 2.03. The van der Waals surface area contributed by atoms with E-state index in [0.717, 1.165) is 31.2 Å². The van der Waals surface area contributed by atoms with Gasteiger partial charge in [0.1, 0.15) is 5.56 Å². The minimum absolute atomic E-state index is 0.188. The Hall–Kier alpha value is -2.30. The number of unbranched alkanes of at least 4 members (excludes halogenated alkanes) is 1. The fourth-order valence-corrected chi connectivity index (χ4v) is 2.71. The lowest BCUT2D eigenvalue weighted by Crippen LogP contribution is -2.30. The van der Waals surface area contributed by atoms with Gasteiger partial charge in [-0.25, -0.2) is 0 Å².